The third-order valence-corrected chi connectivity index (χ3v) is 7.16. The average Bonchev–Trinajstić information content (AvgIpc) is 3.11. The Hall–Kier alpha value is -2.74. The maximum atomic E-state index is 13.6. The van der Waals surface area contributed by atoms with Crippen molar-refractivity contribution in [2.45, 2.75) is 32.9 Å². The first-order valence-corrected chi connectivity index (χ1v) is 12.4. The van der Waals surface area contributed by atoms with Crippen LogP contribution in [0.25, 0.3) is 22.3 Å². The van der Waals surface area contributed by atoms with Crippen molar-refractivity contribution >= 4 is 40.2 Å². The fourth-order valence-corrected chi connectivity index (χ4v) is 5.33. The van der Waals surface area contributed by atoms with Crippen LogP contribution in [0.3, 0.4) is 0 Å². The quantitative estimate of drug-likeness (QED) is 0.303. The maximum Gasteiger partial charge on any atom is 0.224 e. The van der Waals surface area contributed by atoms with Gasteiger partial charge in [0, 0.05) is 30.2 Å². The van der Waals surface area contributed by atoms with Gasteiger partial charge in [0.25, 0.3) is 0 Å². The van der Waals surface area contributed by atoms with Gasteiger partial charge in [0.1, 0.15) is 5.65 Å². The van der Waals surface area contributed by atoms with Crippen LogP contribution in [0.5, 0.6) is 0 Å². The molecule has 9 heteroatoms. The van der Waals surface area contributed by atoms with Crippen LogP contribution in [-0.4, -0.2) is 27.6 Å². The summed E-state index contributed by atoms with van der Waals surface area (Å²) < 4.78 is 29.1. The molecular formula is C26H25Cl2F2N5. The van der Waals surface area contributed by atoms with Crippen molar-refractivity contribution in [3.05, 3.63) is 75.4 Å². The standard InChI is InChI=1S/C26H25Cl2F2N5/c1-15-18-13-33-26(32-12-16-7-8-21(29)22(30)10-16)34-25(18)35(14-17-4-3-9-31-11-17)24(15)23-19(27)5-2-6-20(23)28/h2,5-8,10,13,17,31H,3-4,9,11-12,14H2,1H3,(H,32,33,34)/t17-/m1/s1. The predicted octanol–water partition coefficient (Wildman–Crippen LogP) is 6.60. The van der Waals surface area contributed by atoms with Crippen molar-refractivity contribution in [1.82, 2.24) is 19.9 Å². The highest BCUT2D eigenvalue weighted by molar-refractivity contribution is 6.39. The molecule has 5 nitrogen and oxygen atoms in total. The van der Waals surface area contributed by atoms with E-state index in [0.29, 0.717) is 27.5 Å². The molecular weight excluding hydrogens is 491 g/mol. The molecule has 1 atom stereocenters. The van der Waals surface area contributed by atoms with E-state index in [0.717, 1.165) is 66.4 Å². The molecule has 0 unspecified atom stereocenters. The van der Waals surface area contributed by atoms with Gasteiger partial charge in [0.05, 0.1) is 15.7 Å². The summed E-state index contributed by atoms with van der Waals surface area (Å²) in [7, 11) is 0. The molecule has 35 heavy (non-hydrogen) atoms. The summed E-state index contributed by atoms with van der Waals surface area (Å²) in [6.45, 7) is 5.02. The van der Waals surface area contributed by atoms with Gasteiger partial charge in [0.15, 0.2) is 11.6 Å². The van der Waals surface area contributed by atoms with Crippen LogP contribution in [0.1, 0.15) is 24.0 Å². The van der Waals surface area contributed by atoms with Crippen molar-refractivity contribution in [2.75, 3.05) is 18.4 Å². The Morgan fingerprint density at radius 3 is 2.66 bits per heavy atom. The Balaban J connectivity index is 1.57. The van der Waals surface area contributed by atoms with Crippen LogP contribution in [-0.2, 0) is 13.1 Å². The smallest absolute Gasteiger partial charge is 0.224 e. The van der Waals surface area contributed by atoms with Crippen LogP contribution in [0, 0.1) is 24.5 Å². The predicted molar refractivity (Wildman–Crippen MR) is 137 cm³/mol. The number of hydrogen-bond acceptors (Lipinski definition) is 4. The highest BCUT2D eigenvalue weighted by Crippen LogP contribution is 2.41. The second kappa shape index (κ2) is 10.1. The minimum Gasteiger partial charge on any atom is -0.350 e. The molecule has 182 valence electrons. The summed E-state index contributed by atoms with van der Waals surface area (Å²) in [6, 6.07) is 9.33. The van der Waals surface area contributed by atoms with E-state index >= 15 is 0 Å². The molecule has 2 aromatic carbocycles. The zero-order valence-electron chi connectivity index (χ0n) is 19.2. The summed E-state index contributed by atoms with van der Waals surface area (Å²) in [4.78, 5) is 9.31. The maximum absolute atomic E-state index is 13.6. The van der Waals surface area contributed by atoms with Crippen LogP contribution >= 0.6 is 23.2 Å². The van der Waals surface area contributed by atoms with Gasteiger partial charge in [-0.2, -0.15) is 4.98 Å². The molecule has 3 heterocycles. The molecule has 0 radical (unpaired) electrons. The first-order chi connectivity index (χ1) is 16.9. The number of aryl methyl sites for hydroxylation is 1. The van der Waals surface area contributed by atoms with E-state index in [1.54, 1.807) is 6.20 Å². The summed E-state index contributed by atoms with van der Waals surface area (Å²) in [6.07, 6.45) is 4.03. The van der Waals surface area contributed by atoms with Crippen molar-refractivity contribution in [3.63, 3.8) is 0 Å². The molecule has 0 amide bonds. The van der Waals surface area contributed by atoms with Gasteiger partial charge >= 0.3 is 0 Å². The van der Waals surface area contributed by atoms with E-state index < -0.39 is 11.6 Å². The fraction of sp³-hybridized carbons (Fsp3) is 0.308. The number of halogens is 4. The Bertz CT molecular complexity index is 1360. The number of fused-ring (bicyclic) bond motifs is 1. The number of hydrogen-bond donors (Lipinski definition) is 2. The third-order valence-electron chi connectivity index (χ3n) is 6.53. The zero-order chi connectivity index (χ0) is 24.5. The molecule has 2 N–H and O–H groups in total. The molecule has 5 rings (SSSR count). The Kier molecular flexibility index (Phi) is 6.91. The Labute approximate surface area is 212 Å². The molecule has 1 fully saturated rings. The number of piperidine rings is 1. The molecule has 0 spiro atoms. The van der Waals surface area contributed by atoms with Crippen molar-refractivity contribution < 1.29 is 8.78 Å². The lowest BCUT2D eigenvalue weighted by molar-refractivity contribution is 0.341. The number of benzene rings is 2. The number of aromatic nitrogens is 3. The first-order valence-electron chi connectivity index (χ1n) is 11.6. The average molecular weight is 516 g/mol. The van der Waals surface area contributed by atoms with Gasteiger partial charge in [-0.25, -0.2) is 13.8 Å². The van der Waals surface area contributed by atoms with E-state index in [2.05, 4.69) is 20.2 Å². The van der Waals surface area contributed by atoms with Gasteiger partial charge in [-0.15, -0.1) is 0 Å². The van der Waals surface area contributed by atoms with Crippen molar-refractivity contribution in [3.8, 4) is 11.3 Å². The van der Waals surface area contributed by atoms with Gasteiger partial charge < -0.3 is 15.2 Å². The SMILES string of the molecule is Cc1c(-c2c(Cl)cccc2Cl)n(C[C@@H]2CCCNC2)c2nc(NCc3ccc(F)c(F)c3)ncc12. The number of anilines is 1. The summed E-state index contributed by atoms with van der Waals surface area (Å²) >= 11 is 13.3. The Morgan fingerprint density at radius 2 is 1.94 bits per heavy atom. The van der Waals surface area contributed by atoms with Crippen LogP contribution in [0.15, 0.2) is 42.6 Å². The van der Waals surface area contributed by atoms with Gasteiger partial charge in [-0.1, -0.05) is 35.3 Å². The zero-order valence-corrected chi connectivity index (χ0v) is 20.7. The minimum atomic E-state index is -0.882. The molecule has 2 aromatic heterocycles. The number of nitrogens with one attached hydrogen (secondary N) is 2. The molecule has 0 bridgehead atoms. The molecule has 1 saturated heterocycles. The summed E-state index contributed by atoms with van der Waals surface area (Å²) in [5.41, 5.74) is 4.10. The third kappa shape index (κ3) is 4.85. The van der Waals surface area contributed by atoms with E-state index in [4.69, 9.17) is 28.2 Å². The van der Waals surface area contributed by atoms with Crippen LogP contribution < -0.4 is 10.6 Å². The second-order valence-electron chi connectivity index (χ2n) is 8.93. The lowest BCUT2D eigenvalue weighted by Crippen LogP contribution is -2.32. The number of nitrogens with zero attached hydrogens (tertiary/aromatic N) is 3. The lowest BCUT2D eigenvalue weighted by atomic mass is 9.99. The summed E-state index contributed by atoms with van der Waals surface area (Å²) in [5.74, 6) is -0.915. The highest BCUT2D eigenvalue weighted by Gasteiger charge is 2.24. The first kappa shape index (κ1) is 24.0. The van der Waals surface area contributed by atoms with Crippen LogP contribution in [0.4, 0.5) is 14.7 Å². The van der Waals surface area contributed by atoms with E-state index in [-0.39, 0.29) is 6.54 Å². The van der Waals surface area contributed by atoms with Gasteiger partial charge in [-0.3, -0.25) is 0 Å². The topological polar surface area (TPSA) is 54.8 Å². The van der Waals surface area contributed by atoms with Gasteiger partial charge in [0.2, 0.25) is 5.95 Å². The highest BCUT2D eigenvalue weighted by atomic mass is 35.5. The fourth-order valence-electron chi connectivity index (χ4n) is 4.76. The normalized spacial score (nSPS) is 16.1. The lowest BCUT2D eigenvalue weighted by Gasteiger charge is -2.25. The number of rotatable bonds is 6. The van der Waals surface area contributed by atoms with E-state index in [1.807, 2.05) is 25.1 Å². The summed E-state index contributed by atoms with van der Waals surface area (Å²) in [5, 5.41) is 8.69. The largest absolute Gasteiger partial charge is 0.350 e. The molecule has 0 aliphatic carbocycles. The molecule has 0 saturated carbocycles. The van der Waals surface area contributed by atoms with Gasteiger partial charge in [-0.05, 0) is 74.2 Å². The molecule has 4 aromatic rings. The van der Waals surface area contributed by atoms with Crippen molar-refractivity contribution in [1.29, 1.82) is 0 Å². The Morgan fingerprint density at radius 1 is 1.14 bits per heavy atom. The van der Waals surface area contributed by atoms with E-state index in [9.17, 15) is 8.78 Å². The van der Waals surface area contributed by atoms with E-state index in [1.165, 1.54) is 12.1 Å². The van der Waals surface area contributed by atoms with Crippen LogP contribution in [0.2, 0.25) is 10.0 Å². The monoisotopic (exact) mass is 515 g/mol. The van der Waals surface area contributed by atoms with Crippen molar-refractivity contribution in [2.24, 2.45) is 5.92 Å². The minimum absolute atomic E-state index is 0.262. The molecule has 1 aliphatic heterocycles. The molecule has 1 aliphatic rings. The second-order valence-corrected chi connectivity index (χ2v) is 9.74.